The van der Waals surface area contributed by atoms with E-state index in [0.717, 1.165) is 27.0 Å². The Morgan fingerprint density at radius 3 is 2.32 bits per heavy atom. The molecule has 0 bridgehead atoms. The summed E-state index contributed by atoms with van der Waals surface area (Å²) in [4.78, 5) is 11.1. The predicted octanol–water partition coefficient (Wildman–Crippen LogP) is 6.65. The molecule has 5 nitrogen and oxygen atoms in total. The van der Waals surface area contributed by atoms with Gasteiger partial charge in [0.05, 0.1) is 6.61 Å². The van der Waals surface area contributed by atoms with Crippen molar-refractivity contribution in [1.29, 1.82) is 0 Å². The van der Waals surface area contributed by atoms with Crippen molar-refractivity contribution in [2.24, 2.45) is 0 Å². The lowest BCUT2D eigenvalue weighted by Gasteiger charge is -2.16. The van der Waals surface area contributed by atoms with Crippen molar-refractivity contribution < 1.29 is 14.3 Å². The standard InChI is InChI=1S/C24H24BrClN2O3/c1-3-30-23-12-18(14-27-19-8-10-20(11-9-19)28-16(2)29)21(25)13-24(23)31-15-17-6-4-5-7-22(17)26/h4-13,27H,3,14-15H2,1-2H3,(H,28,29). The summed E-state index contributed by atoms with van der Waals surface area (Å²) < 4.78 is 12.7. The van der Waals surface area contributed by atoms with Crippen LogP contribution in [0.25, 0.3) is 0 Å². The number of halogens is 2. The van der Waals surface area contributed by atoms with Crippen molar-refractivity contribution in [2.45, 2.75) is 27.0 Å². The number of amides is 1. The molecule has 3 aromatic rings. The first kappa shape index (κ1) is 23.0. The third kappa shape index (κ3) is 6.64. The van der Waals surface area contributed by atoms with E-state index in [1.807, 2.05) is 67.6 Å². The van der Waals surface area contributed by atoms with Crippen LogP contribution in [0.2, 0.25) is 5.02 Å². The molecule has 3 aromatic carbocycles. The molecule has 0 fully saturated rings. The molecule has 0 aromatic heterocycles. The third-order valence-electron chi connectivity index (χ3n) is 4.44. The van der Waals surface area contributed by atoms with Gasteiger partial charge in [-0.25, -0.2) is 0 Å². The Labute approximate surface area is 195 Å². The third-order valence-corrected chi connectivity index (χ3v) is 5.55. The maximum Gasteiger partial charge on any atom is 0.221 e. The number of benzene rings is 3. The van der Waals surface area contributed by atoms with Gasteiger partial charge in [-0.2, -0.15) is 0 Å². The van der Waals surface area contributed by atoms with Crippen LogP contribution in [-0.4, -0.2) is 12.5 Å². The van der Waals surface area contributed by atoms with Gasteiger partial charge in [-0.3, -0.25) is 4.79 Å². The highest BCUT2D eigenvalue weighted by Crippen LogP contribution is 2.35. The topological polar surface area (TPSA) is 59.6 Å². The van der Waals surface area contributed by atoms with Crippen molar-refractivity contribution in [3.05, 3.63) is 81.3 Å². The van der Waals surface area contributed by atoms with Crippen LogP contribution in [0.3, 0.4) is 0 Å². The molecule has 0 saturated heterocycles. The van der Waals surface area contributed by atoms with Crippen LogP contribution in [0.4, 0.5) is 11.4 Å². The normalized spacial score (nSPS) is 10.5. The lowest BCUT2D eigenvalue weighted by Crippen LogP contribution is -2.06. The number of carbonyl (C=O) groups is 1. The van der Waals surface area contributed by atoms with Crippen LogP contribution in [-0.2, 0) is 17.9 Å². The second kappa shape index (κ2) is 11.1. The number of ether oxygens (including phenoxy) is 2. The Kier molecular flexibility index (Phi) is 8.20. The zero-order valence-corrected chi connectivity index (χ0v) is 19.7. The van der Waals surface area contributed by atoms with E-state index >= 15 is 0 Å². The fraction of sp³-hybridized carbons (Fsp3) is 0.208. The molecule has 0 saturated carbocycles. The first-order valence-corrected chi connectivity index (χ1v) is 11.1. The molecule has 0 heterocycles. The van der Waals surface area contributed by atoms with E-state index in [2.05, 4.69) is 26.6 Å². The van der Waals surface area contributed by atoms with E-state index in [4.69, 9.17) is 21.1 Å². The Morgan fingerprint density at radius 2 is 1.65 bits per heavy atom. The number of hydrogen-bond acceptors (Lipinski definition) is 4. The van der Waals surface area contributed by atoms with Gasteiger partial charge in [0.2, 0.25) is 5.91 Å². The second-order valence-corrected chi connectivity index (χ2v) is 8.08. The van der Waals surface area contributed by atoms with E-state index in [1.54, 1.807) is 0 Å². The molecule has 31 heavy (non-hydrogen) atoms. The van der Waals surface area contributed by atoms with Gasteiger partial charge >= 0.3 is 0 Å². The van der Waals surface area contributed by atoms with Gasteiger partial charge in [0.25, 0.3) is 0 Å². The molecule has 7 heteroatoms. The zero-order chi connectivity index (χ0) is 22.2. The van der Waals surface area contributed by atoms with E-state index in [9.17, 15) is 4.79 Å². The highest BCUT2D eigenvalue weighted by atomic mass is 79.9. The summed E-state index contributed by atoms with van der Waals surface area (Å²) in [6.07, 6.45) is 0. The summed E-state index contributed by atoms with van der Waals surface area (Å²) in [5.41, 5.74) is 3.64. The van der Waals surface area contributed by atoms with Crippen molar-refractivity contribution in [3.63, 3.8) is 0 Å². The van der Waals surface area contributed by atoms with Crippen LogP contribution in [0.5, 0.6) is 11.5 Å². The maximum atomic E-state index is 11.1. The molecule has 2 N–H and O–H groups in total. The van der Waals surface area contributed by atoms with E-state index in [-0.39, 0.29) is 5.91 Å². The molecule has 162 valence electrons. The molecule has 0 atom stereocenters. The highest BCUT2D eigenvalue weighted by molar-refractivity contribution is 9.10. The van der Waals surface area contributed by atoms with Gasteiger partial charge in [0.15, 0.2) is 11.5 Å². The van der Waals surface area contributed by atoms with Crippen LogP contribution in [0, 0.1) is 0 Å². The quantitative estimate of drug-likeness (QED) is 0.343. The van der Waals surface area contributed by atoms with Gasteiger partial charge in [0.1, 0.15) is 6.61 Å². The summed E-state index contributed by atoms with van der Waals surface area (Å²) >= 11 is 9.87. The van der Waals surface area contributed by atoms with Crippen molar-refractivity contribution >= 4 is 44.8 Å². The zero-order valence-electron chi connectivity index (χ0n) is 17.4. The summed E-state index contributed by atoms with van der Waals surface area (Å²) in [6.45, 7) is 4.90. The number of carbonyl (C=O) groups excluding carboxylic acids is 1. The Balaban J connectivity index is 1.70. The van der Waals surface area contributed by atoms with Gasteiger partial charge in [0, 0.05) is 39.9 Å². The number of hydrogen-bond donors (Lipinski definition) is 2. The minimum Gasteiger partial charge on any atom is -0.490 e. The van der Waals surface area contributed by atoms with E-state index in [1.165, 1.54) is 6.92 Å². The summed E-state index contributed by atoms with van der Waals surface area (Å²) in [6, 6.07) is 19.0. The SMILES string of the molecule is CCOc1cc(CNc2ccc(NC(C)=O)cc2)c(Br)cc1OCc1ccccc1Cl. The smallest absolute Gasteiger partial charge is 0.221 e. The summed E-state index contributed by atoms with van der Waals surface area (Å²) in [5, 5.41) is 6.81. The van der Waals surface area contributed by atoms with Crippen LogP contribution in [0.1, 0.15) is 25.0 Å². The molecular weight excluding hydrogens is 480 g/mol. The lowest BCUT2D eigenvalue weighted by atomic mass is 10.2. The van der Waals surface area contributed by atoms with Gasteiger partial charge in [-0.1, -0.05) is 45.7 Å². The minimum atomic E-state index is -0.0927. The number of anilines is 2. The Bertz CT molecular complexity index is 1040. The Hall–Kier alpha value is -2.70. The lowest BCUT2D eigenvalue weighted by molar-refractivity contribution is -0.114. The minimum absolute atomic E-state index is 0.0927. The maximum absolute atomic E-state index is 11.1. The highest BCUT2D eigenvalue weighted by Gasteiger charge is 2.12. The predicted molar refractivity (Wildman–Crippen MR) is 129 cm³/mol. The molecule has 0 aliphatic carbocycles. The molecular formula is C24H24BrClN2O3. The molecule has 0 radical (unpaired) electrons. The van der Waals surface area contributed by atoms with Gasteiger partial charge < -0.3 is 20.1 Å². The van der Waals surface area contributed by atoms with Crippen molar-refractivity contribution in [3.8, 4) is 11.5 Å². The number of rotatable bonds is 9. The van der Waals surface area contributed by atoms with Crippen LogP contribution in [0.15, 0.2) is 65.1 Å². The first-order valence-electron chi connectivity index (χ1n) is 9.89. The average Bonchev–Trinajstić information content (AvgIpc) is 2.74. The monoisotopic (exact) mass is 502 g/mol. The molecule has 0 aliphatic rings. The summed E-state index contributed by atoms with van der Waals surface area (Å²) in [7, 11) is 0. The largest absolute Gasteiger partial charge is 0.490 e. The van der Waals surface area contributed by atoms with Crippen molar-refractivity contribution in [2.75, 3.05) is 17.2 Å². The molecule has 3 rings (SSSR count). The second-order valence-electron chi connectivity index (χ2n) is 6.82. The Morgan fingerprint density at radius 1 is 0.968 bits per heavy atom. The molecule has 0 unspecified atom stereocenters. The van der Waals surface area contributed by atoms with Gasteiger partial charge in [-0.05, 0) is 55.0 Å². The first-order chi connectivity index (χ1) is 15.0. The van der Waals surface area contributed by atoms with Crippen LogP contribution < -0.4 is 20.1 Å². The molecule has 0 spiro atoms. The molecule has 1 amide bonds. The summed E-state index contributed by atoms with van der Waals surface area (Å²) in [5.74, 6) is 1.23. The fourth-order valence-electron chi connectivity index (χ4n) is 2.94. The number of nitrogens with one attached hydrogen (secondary N) is 2. The fourth-order valence-corrected chi connectivity index (χ4v) is 3.59. The van der Waals surface area contributed by atoms with E-state index < -0.39 is 0 Å². The average molecular weight is 504 g/mol. The van der Waals surface area contributed by atoms with Gasteiger partial charge in [-0.15, -0.1) is 0 Å². The molecule has 0 aliphatic heterocycles. The van der Waals surface area contributed by atoms with Crippen molar-refractivity contribution in [1.82, 2.24) is 0 Å². The van der Waals surface area contributed by atoms with Crippen LogP contribution >= 0.6 is 27.5 Å². The van der Waals surface area contributed by atoms with E-state index in [0.29, 0.717) is 36.3 Å².